The molecule has 0 atom stereocenters. The Labute approximate surface area is 104 Å². The van der Waals surface area contributed by atoms with Crippen LogP contribution >= 0.6 is 0 Å². The lowest BCUT2D eigenvalue weighted by Crippen LogP contribution is -2.22. The second kappa shape index (κ2) is 7.28. The molecule has 0 aliphatic heterocycles. The van der Waals surface area contributed by atoms with E-state index in [1.165, 1.54) is 6.07 Å². The van der Waals surface area contributed by atoms with E-state index in [4.69, 9.17) is 0 Å². The van der Waals surface area contributed by atoms with Gasteiger partial charge in [-0.25, -0.2) is 4.39 Å². The minimum atomic E-state index is -0.160. The van der Waals surface area contributed by atoms with Gasteiger partial charge in [-0.2, -0.15) is 0 Å². The number of benzene rings is 1. The third kappa shape index (κ3) is 4.35. The van der Waals surface area contributed by atoms with Crippen LogP contribution in [-0.4, -0.2) is 20.1 Å². The molecule has 0 aliphatic rings. The van der Waals surface area contributed by atoms with Gasteiger partial charge < -0.3 is 10.2 Å². The van der Waals surface area contributed by atoms with Crippen LogP contribution in [0.4, 0.5) is 10.1 Å². The van der Waals surface area contributed by atoms with E-state index in [1.54, 1.807) is 6.07 Å². The van der Waals surface area contributed by atoms with Crippen molar-refractivity contribution in [3.8, 4) is 0 Å². The largest absolute Gasteiger partial charge is 0.374 e. The van der Waals surface area contributed by atoms with Crippen molar-refractivity contribution in [1.29, 1.82) is 0 Å². The number of nitrogens with one attached hydrogen (secondary N) is 1. The molecule has 0 saturated carbocycles. The van der Waals surface area contributed by atoms with E-state index in [1.807, 2.05) is 6.07 Å². The maximum absolute atomic E-state index is 13.3. The Morgan fingerprint density at radius 3 is 2.65 bits per heavy atom. The molecule has 0 aromatic heterocycles. The van der Waals surface area contributed by atoms with Gasteiger partial charge in [0.15, 0.2) is 0 Å². The number of anilines is 1. The standard InChI is InChI=1S/C14H23FN2/c1-4-8-16-11-12-10-13(15)6-7-14(12)17(3)9-5-2/h6-7,10,16H,4-5,8-9,11H2,1-3H3. The lowest BCUT2D eigenvalue weighted by Gasteiger charge is -2.22. The monoisotopic (exact) mass is 238 g/mol. The zero-order valence-electron chi connectivity index (χ0n) is 11.1. The number of nitrogens with zero attached hydrogens (tertiary/aromatic N) is 1. The zero-order chi connectivity index (χ0) is 12.7. The highest BCUT2D eigenvalue weighted by atomic mass is 19.1. The lowest BCUT2D eigenvalue weighted by atomic mass is 10.1. The van der Waals surface area contributed by atoms with Crippen molar-refractivity contribution in [3.05, 3.63) is 29.6 Å². The van der Waals surface area contributed by atoms with Crippen LogP contribution in [0.2, 0.25) is 0 Å². The predicted molar refractivity (Wildman–Crippen MR) is 72.0 cm³/mol. The summed E-state index contributed by atoms with van der Waals surface area (Å²) >= 11 is 0. The molecule has 1 aromatic rings. The summed E-state index contributed by atoms with van der Waals surface area (Å²) in [6.45, 7) is 6.96. The van der Waals surface area contributed by atoms with Crippen molar-refractivity contribution in [2.24, 2.45) is 0 Å². The Hall–Kier alpha value is -1.09. The molecule has 0 saturated heterocycles. The van der Waals surface area contributed by atoms with E-state index in [0.29, 0.717) is 0 Å². The van der Waals surface area contributed by atoms with E-state index >= 15 is 0 Å². The Kier molecular flexibility index (Phi) is 5.98. The zero-order valence-corrected chi connectivity index (χ0v) is 11.1. The van der Waals surface area contributed by atoms with Gasteiger partial charge in [0.25, 0.3) is 0 Å². The molecule has 0 amide bonds. The van der Waals surface area contributed by atoms with Crippen molar-refractivity contribution < 1.29 is 4.39 Å². The average molecular weight is 238 g/mol. The minimum Gasteiger partial charge on any atom is -0.374 e. The molecule has 0 unspecified atom stereocenters. The first kappa shape index (κ1) is 14.0. The Bertz CT molecular complexity index is 339. The molecular weight excluding hydrogens is 215 g/mol. The first-order valence-electron chi connectivity index (χ1n) is 6.39. The molecule has 0 aliphatic carbocycles. The van der Waals surface area contributed by atoms with Gasteiger partial charge >= 0.3 is 0 Å². The molecule has 1 aromatic carbocycles. The topological polar surface area (TPSA) is 15.3 Å². The van der Waals surface area contributed by atoms with Gasteiger partial charge in [0.05, 0.1) is 0 Å². The highest BCUT2D eigenvalue weighted by Gasteiger charge is 2.07. The SMILES string of the molecule is CCCNCc1cc(F)ccc1N(C)CCC. The fourth-order valence-electron chi connectivity index (χ4n) is 1.92. The molecular formula is C14H23FN2. The van der Waals surface area contributed by atoms with Gasteiger partial charge in [-0.1, -0.05) is 13.8 Å². The molecule has 1 rings (SSSR count). The predicted octanol–water partition coefficient (Wildman–Crippen LogP) is 3.17. The van der Waals surface area contributed by atoms with Crippen molar-refractivity contribution in [1.82, 2.24) is 5.32 Å². The van der Waals surface area contributed by atoms with Crippen LogP contribution in [0.25, 0.3) is 0 Å². The minimum absolute atomic E-state index is 0.160. The van der Waals surface area contributed by atoms with E-state index in [-0.39, 0.29) is 5.82 Å². The quantitative estimate of drug-likeness (QED) is 0.734. The second-order valence-corrected chi connectivity index (χ2v) is 4.37. The van der Waals surface area contributed by atoms with Crippen molar-refractivity contribution >= 4 is 5.69 Å². The summed E-state index contributed by atoms with van der Waals surface area (Å²) in [5.74, 6) is -0.160. The van der Waals surface area contributed by atoms with Gasteiger partial charge in [0, 0.05) is 25.8 Å². The van der Waals surface area contributed by atoms with E-state index in [0.717, 1.165) is 43.7 Å². The highest BCUT2D eigenvalue weighted by Crippen LogP contribution is 2.20. The smallest absolute Gasteiger partial charge is 0.123 e. The van der Waals surface area contributed by atoms with Crippen molar-refractivity contribution in [3.63, 3.8) is 0 Å². The van der Waals surface area contributed by atoms with Gasteiger partial charge in [-0.3, -0.25) is 0 Å². The second-order valence-electron chi connectivity index (χ2n) is 4.37. The summed E-state index contributed by atoms with van der Waals surface area (Å²) in [7, 11) is 2.06. The van der Waals surface area contributed by atoms with Crippen LogP contribution in [0.3, 0.4) is 0 Å². The number of halogens is 1. The van der Waals surface area contributed by atoms with Crippen LogP contribution in [0, 0.1) is 5.82 Å². The third-order valence-electron chi connectivity index (χ3n) is 2.75. The molecule has 3 heteroatoms. The first-order valence-corrected chi connectivity index (χ1v) is 6.39. The van der Waals surface area contributed by atoms with Gasteiger partial charge in [0.2, 0.25) is 0 Å². The normalized spacial score (nSPS) is 10.6. The lowest BCUT2D eigenvalue weighted by molar-refractivity contribution is 0.618. The Morgan fingerprint density at radius 1 is 1.24 bits per heavy atom. The summed E-state index contributed by atoms with van der Waals surface area (Å²) in [5, 5.41) is 3.32. The Morgan fingerprint density at radius 2 is 2.00 bits per heavy atom. The van der Waals surface area contributed by atoms with Gasteiger partial charge in [-0.05, 0) is 43.1 Å². The summed E-state index contributed by atoms with van der Waals surface area (Å²) in [5.41, 5.74) is 2.16. The molecule has 17 heavy (non-hydrogen) atoms. The van der Waals surface area contributed by atoms with E-state index in [2.05, 4.69) is 31.1 Å². The summed E-state index contributed by atoms with van der Waals surface area (Å²) in [6.07, 6.45) is 2.19. The molecule has 0 spiro atoms. The van der Waals surface area contributed by atoms with E-state index < -0.39 is 0 Å². The van der Waals surface area contributed by atoms with Crippen LogP contribution in [-0.2, 0) is 6.54 Å². The van der Waals surface area contributed by atoms with Crippen molar-refractivity contribution in [2.45, 2.75) is 33.2 Å². The fraction of sp³-hybridized carbons (Fsp3) is 0.571. The number of hydrogen-bond donors (Lipinski definition) is 1. The van der Waals surface area contributed by atoms with E-state index in [9.17, 15) is 4.39 Å². The summed E-state index contributed by atoms with van der Waals surface area (Å²) < 4.78 is 13.3. The summed E-state index contributed by atoms with van der Waals surface area (Å²) in [4.78, 5) is 2.18. The molecule has 0 radical (unpaired) electrons. The van der Waals surface area contributed by atoms with Gasteiger partial charge in [0.1, 0.15) is 5.82 Å². The number of rotatable bonds is 7. The molecule has 0 fully saturated rings. The molecule has 96 valence electrons. The fourth-order valence-corrected chi connectivity index (χ4v) is 1.92. The molecule has 0 bridgehead atoms. The molecule has 0 heterocycles. The van der Waals surface area contributed by atoms with Crippen LogP contribution in [0.1, 0.15) is 32.3 Å². The Balaban J connectivity index is 2.79. The van der Waals surface area contributed by atoms with Gasteiger partial charge in [-0.15, -0.1) is 0 Å². The average Bonchev–Trinajstić information content (AvgIpc) is 2.30. The number of hydrogen-bond acceptors (Lipinski definition) is 2. The van der Waals surface area contributed by atoms with Crippen molar-refractivity contribution in [2.75, 3.05) is 25.0 Å². The van der Waals surface area contributed by atoms with Crippen LogP contribution in [0.15, 0.2) is 18.2 Å². The van der Waals surface area contributed by atoms with Crippen LogP contribution < -0.4 is 10.2 Å². The first-order chi connectivity index (χ1) is 8.19. The summed E-state index contributed by atoms with van der Waals surface area (Å²) in [6, 6.07) is 5.03. The maximum atomic E-state index is 13.3. The molecule has 1 N–H and O–H groups in total. The third-order valence-corrected chi connectivity index (χ3v) is 2.75. The molecule has 2 nitrogen and oxygen atoms in total. The highest BCUT2D eigenvalue weighted by molar-refractivity contribution is 5.53. The van der Waals surface area contributed by atoms with Crippen LogP contribution in [0.5, 0.6) is 0 Å². The maximum Gasteiger partial charge on any atom is 0.123 e.